The van der Waals surface area contributed by atoms with E-state index in [9.17, 15) is 9.90 Å². The molecule has 4 N–H and O–H groups in total. The molecule has 168 valence electrons. The van der Waals surface area contributed by atoms with Gasteiger partial charge in [0, 0.05) is 34.8 Å². The number of nitrogen functional groups attached to an aromatic ring is 1. The second-order valence-corrected chi connectivity index (χ2v) is 9.97. The zero-order valence-electron chi connectivity index (χ0n) is 18.1. The van der Waals surface area contributed by atoms with Gasteiger partial charge in [0.2, 0.25) is 0 Å². The van der Waals surface area contributed by atoms with Crippen LogP contribution in [0.15, 0.2) is 42.0 Å². The van der Waals surface area contributed by atoms with Gasteiger partial charge in [-0.05, 0) is 55.2 Å². The normalized spacial score (nSPS) is 22.5. The fourth-order valence-corrected chi connectivity index (χ4v) is 6.25. The molecule has 0 bridgehead atoms. The number of allylic oxidation sites excluding steroid dienone is 1. The van der Waals surface area contributed by atoms with E-state index in [4.69, 9.17) is 10.7 Å². The van der Waals surface area contributed by atoms with Crippen LogP contribution >= 0.6 is 11.3 Å². The number of nitrogens with two attached hydrogens (primary N) is 1. The van der Waals surface area contributed by atoms with Crippen molar-refractivity contribution in [3.8, 4) is 11.4 Å². The maximum absolute atomic E-state index is 11.4. The SMILES string of the molecule is Nc1nccn2c1c(-c1cc3c([nH]1)C(c1cccs1)CC=C3)nc2[C@H]1CC[C@H](C(=O)O)CC1. The lowest BCUT2D eigenvalue weighted by Crippen LogP contribution is -2.21. The van der Waals surface area contributed by atoms with Gasteiger partial charge in [-0.1, -0.05) is 18.2 Å². The lowest BCUT2D eigenvalue weighted by atomic mass is 9.81. The number of fused-ring (bicyclic) bond motifs is 2. The van der Waals surface area contributed by atoms with Crippen molar-refractivity contribution in [1.82, 2.24) is 19.4 Å². The zero-order chi connectivity index (χ0) is 22.5. The summed E-state index contributed by atoms with van der Waals surface area (Å²) in [6, 6.07) is 6.45. The maximum atomic E-state index is 11.4. The number of nitrogens with zero attached hydrogens (tertiary/aromatic N) is 3. The summed E-state index contributed by atoms with van der Waals surface area (Å²) in [7, 11) is 0. The molecule has 4 aromatic heterocycles. The van der Waals surface area contributed by atoms with E-state index in [1.165, 1.54) is 16.1 Å². The van der Waals surface area contributed by atoms with Crippen molar-refractivity contribution >= 4 is 34.7 Å². The number of hydrogen-bond donors (Lipinski definition) is 3. The van der Waals surface area contributed by atoms with E-state index in [1.807, 2.05) is 6.20 Å². The van der Waals surface area contributed by atoms with Crippen LogP contribution in [0.25, 0.3) is 23.0 Å². The molecule has 1 atom stereocenters. The summed E-state index contributed by atoms with van der Waals surface area (Å²) in [6.07, 6.45) is 12.0. The Labute approximate surface area is 195 Å². The number of aromatic nitrogens is 4. The van der Waals surface area contributed by atoms with Crippen LogP contribution in [-0.2, 0) is 4.79 Å². The molecule has 0 radical (unpaired) electrons. The summed E-state index contributed by atoms with van der Waals surface area (Å²) >= 11 is 1.78. The second kappa shape index (κ2) is 7.88. The number of aromatic amines is 1. The number of carboxylic acid groups (broad SMARTS) is 1. The molecule has 1 unspecified atom stereocenters. The van der Waals surface area contributed by atoms with Gasteiger partial charge >= 0.3 is 5.97 Å². The molecule has 7 nitrogen and oxygen atoms in total. The first-order chi connectivity index (χ1) is 16.1. The highest BCUT2D eigenvalue weighted by molar-refractivity contribution is 7.10. The van der Waals surface area contributed by atoms with E-state index >= 15 is 0 Å². The molecular weight excluding hydrogens is 434 g/mol. The summed E-state index contributed by atoms with van der Waals surface area (Å²) in [4.78, 5) is 25.8. The van der Waals surface area contributed by atoms with Crippen molar-refractivity contribution < 1.29 is 9.90 Å². The molecule has 1 saturated carbocycles. The third-order valence-corrected chi connectivity index (χ3v) is 8.08. The van der Waals surface area contributed by atoms with Crippen molar-refractivity contribution in [3.05, 3.63) is 64.0 Å². The number of aliphatic carboxylic acids is 1. The molecule has 6 rings (SSSR count). The number of nitrogens with one attached hydrogen (secondary N) is 1. The predicted octanol–water partition coefficient (Wildman–Crippen LogP) is 5.28. The fraction of sp³-hybridized carbons (Fsp3) is 0.320. The van der Waals surface area contributed by atoms with Gasteiger partial charge in [-0.3, -0.25) is 9.20 Å². The van der Waals surface area contributed by atoms with Crippen LogP contribution < -0.4 is 5.73 Å². The number of carboxylic acids is 1. The van der Waals surface area contributed by atoms with Gasteiger partial charge in [-0.2, -0.15) is 0 Å². The van der Waals surface area contributed by atoms with Crippen molar-refractivity contribution in [1.29, 1.82) is 0 Å². The highest BCUT2D eigenvalue weighted by atomic mass is 32.1. The fourth-order valence-electron chi connectivity index (χ4n) is 5.40. The standard InChI is InChI=1S/C25H25N5O2S/c26-23-22-21(18-13-16-3-1-4-17(20(16)28-18)19-5-2-12-33-19)29-24(30(22)11-10-27-23)14-6-8-15(9-7-14)25(31)32/h1-3,5,10-15,17,28H,4,6-9H2,(H2,26,27)(H,31,32)/t14-,15-,17?. The van der Waals surface area contributed by atoms with Crippen molar-refractivity contribution in [2.24, 2.45) is 5.92 Å². The molecule has 1 fully saturated rings. The van der Waals surface area contributed by atoms with Gasteiger partial charge in [0.25, 0.3) is 0 Å². The first kappa shape index (κ1) is 20.2. The first-order valence-electron chi connectivity index (χ1n) is 11.4. The monoisotopic (exact) mass is 459 g/mol. The zero-order valence-corrected chi connectivity index (χ0v) is 18.9. The molecule has 4 aromatic rings. The Hall–Kier alpha value is -3.39. The highest BCUT2D eigenvalue weighted by Crippen LogP contribution is 2.41. The van der Waals surface area contributed by atoms with Crippen molar-refractivity contribution in [3.63, 3.8) is 0 Å². The first-order valence-corrected chi connectivity index (χ1v) is 12.3. The Balaban J connectivity index is 1.43. The Morgan fingerprint density at radius 2 is 2.12 bits per heavy atom. The van der Waals surface area contributed by atoms with Crippen LogP contribution in [0, 0.1) is 5.92 Å². The number of H-pyrrole nitrogens is 1. The van der Waals surface area contributed by atoms with Crippen LogP contribution in [0.5, 0.6) is 0 Å². The van der Waals surface area contributed by atoms with Crippen molar-refractivity contribution in [2.75, 3.05) is 5.73 Å². The van der Waals surface area contributed by atoms with Crippen LogP contribution in [0.2, 0.25) is 0 Å². The van der Waals surface area contributed by atoms with E-state index in [-0.39, 0.29) is 11.8 Å². The molecule has 2 aliphatic rings. The Bertz CT molecular complexity index is 1360. The molecule has 8 heteroatoms. The number of thiophene rings is 1. The highest BCUT2D eigenvalue weighted by Gasteiger charge is 2.31. The summed E-state index contributed by atoms with van der Waals surface area (Å²) in [5.74, 6) is 0.954. The largest absolute Gasteiger partial charge is 0.481 e. The van der Waals surface area contributed by atoms with Gasteiger partial charge in [-0.25, -0.2) is 9.97 Å². The Kier molecular flexibility index (Phi) is 4.83. The molecule has 33 heavy (non-hydrogen) atoms. The van der Waals surface area contributed by atoms with E-state index in [1.54, 1.807) is 17.5 Å². The minimum Gasteiger partial charge on any atom is -0.481 e. The third-order valence-electron chi connectivity index (χ3n) is 7.09. The molecular formula is C25H25N5O2S. The average molecular weight is 460 g/mol. The van der Waals surface area contributed by atoms with Crippen molar-refractivity contribution in [2.45, 2.75) is 43.9 Å². The minimum absolute atomic E-state index is 0.201. The van der Waals surface area contributed by atoms with E-state index in [2.05, 4.69) is 50.1 Å². The average Bonchev–Trinajstić information content (AvgIpc) is 3.57. The van der Waals surface area contributed by atoms with Crippen LogP contribution in [-0.4, -0.2) is 30.4 Å². The number of hydrogen-bond acceptors (Lipinski definition) is 5. The topological polar surface area (TPSA) is 109 Å². The molecule has 0 saturated heterocycles. The molecule has 4 heterocycles. The number of rotatable bonds is 4. The lowest BCUT2D eigenvalue weighted by Gasteiger charge is -2.25. The summed E-state index contributed by atoms with van der Waals surface area (Å²) in [5.41, 5.74) is 11.3. The lowest BCUT2D eigenvalue weighted by molar-refractivity contribution is -0.142. The number of carbonyl (C=O) groups is 1. The Morgan fingerprint density at radius 1 is 1.27 bits per heavy atom. The summed E-state index contributed by atoms with van der Waals surface area (Å²) in [6.45, 7) is 0. The quantitative estimate of drug-likeness (QED) is 0.385. The van der Waals surface area contributed by atoms with Crippen LogP contribution in [0.3, 0.4) is 0 Å². The molecule has 2 aliphatic carbocycles. The Morgan fingerprint density at radius 3 is 2.88 bits per heavy atom. The van der Waals surface area contributed by atoms with Crippen LogP contribution in [0.1, 0.15) is 65.9 Å². The van der Waals surface area contributed by atoms with Gasteiger partial charge in [0.1, 0.15) is 22.9 Å². The van der Waals surface area contributed by atoms with E-state index < -0.39 is 5.97 Å². The minimum atomic E-state index is -0.694. The van der Waals surface area contributed by atoms with Crippen LogP contribution in [0.4, 0.5) is 5.82 Å². The third kappa shape index (κ3) is 3.36. The molecule has 0 aromatic carbocycles. The van der Waals surface area contributed by atoms with Gasteiger partial charge in [0.05, 0.1) is 11.6 Å². The predicted molar refractivity (Wildman–Crippen MR) is 129 cm³/mol. The van der Waals surface area contributed by atoms with Gasteiger partial charge in [-0.15, -0.1) is 11.3 Å². The maximum Gasteiger partial charge on any atom is 0.306 e. The second-order valence-electron chi connectivity index (χ2n) is 8.99. The van der Waals surface area contributed by atoms with Gasteiger partial charge in [0.15, 0.2) is 0 Å². The smallest absolute Gasteiger partial charge is 0.306 e. The number of anilines is 1. The number of imidazole rings is 1. The summed E-state index contributed by atoms with van der Waals surface area (Å²) < 4.78 is 2.05. The molecule has 0 spiro atoms. The van der Waals surface area contributed by atoms with Gasteiger partial charge < -0.3 is 15.8 Å². The van der Waals surface area contributed by atoms with E-state index in [0.29, 0.717) is 24.6 Å². The van der Waals surface area contributed by atoms with E-state index in [0.717, 1.165) is 42.0 Å². The molecule has 0 aliphatic heterocycles. The summed E-state index contributed by atoms with van der Waals surface area (Å²) in [5, 5.41) is 11.5. The molecule has 0 amide bonds.